The minimum Gasteiger partial charge on any atom is -0.388 e. The van der Waals surface area contributed by atoms with Crippen LogP contribution >= 0.6 is 0 Å². The normalized spacial score (nSPS) is 14.7. The lowest BCUT2D eigenvalue weighted by Gasteiger charge is -2.13. The Balaban J connectivity index is 2.39. The molecule has 0 saturated heterocycles. The second-order valence-corrected chi connectivity index (χ2v) is 6.44. The highest BCUT2D eigenvalue weighted by molar-refractivity contribution is 7.89. The molecule has 0 aromatic heterocycles. The van der Waals surface area contributed by atoms with Crippen LogP contribution in [0.3, 0.4) is 0 Å². The molecule has 2 aromatic rings. The van der Waals surface area contributed by atoms with E-state index in [0.29, 0.717) is 11.3 Å². The number of benzene rings is 2. The molecule has 2 rings (SSSR count). The van der Waals surface area contributed by atoms with E-state index in [2.05, 4.69) is 0 Å². The zero-order chi connectivity index (χ0) is 15.2. The van der Waals surface area contributed by atoms with Crippen molar-refractivity contribution in [3.8, 4) is 0 Å². The van der Waals surface area contributed by atoms with Gasteiger partial charge in [-0.25, -0.2) is 4.21 Å². The van der Waals surface area contributed by atoms with E-state index in [1.54, 1.807) is 0 Å². The van der Waals surface area contributed by atoms with E-state index >= 15 is 0 Å². The zero-order valence-electron chi connectivity index (χ0n) is 12.3. The molecule has 1 unspecified atom stereocenters. The first-order valence-electron chi connectivity index (χ1n) is 7.05. The Morgan fingerprint density at radius 2 is 1.76 bits per heavy atom. The molecular weight excluding hydrogens is 280 g/mol. The van der Waals surface area contributed by atoms with Gasteiger partial charge in [-0.15, -0.1) is 0 Å². The van der Waals surface area contributed by atoms with Gasteiger partial charge in [0.1, 0.15) is 0 Å². The predicted molar refractivity (Wildman–Crippen MR) is 88.3 cm³/mol. The first-order chi connectivity index (χ1) is 10.1. The zero-order valence-corrected chi connectivity index (χ0v) is 13.1. The summed E-state index contributed by atoms with van der Waals surface area (Å²) in [6, 6.07) is 17.2. The molecule has 0 heterocycles. The summed E-state index contributed by atoms with van der Waals surface area (Å²) in [4.78, 5) is 1.27. The van der Waals surface area contributed by atoms with Gasteiger partial charge >= 0.3 is 0 Å². The van der Waals surface area contributed by atoms with Crippen LogP contribution in [0.5, 0.6) is 0 Å². The van der Waals surface area contributed by atoms with Crippen molar-refractivity contribution in [3.05, 3.63) is 70.6 Å². The Morgan fingerprint density at radius 1 is 1.14 bits per heavy atom. The lowest BCUT2D eigenvalue weighted by atomic mass is 10.1. The minimum atomic E-state index is -1.35. The van der Waals surface area contributed by atoms with Gasteiger partial charge in [-0.05, 0) is 37.1 Å². The Bertz CT molecular complexity index is 630. The van der Waals surface area contributed by atoms with Crippen LogP contribution in [0.1, 0.15) is 24.5 Å². The largest absolute Gasteiger partial charge is 0.388 e. The van der Waals surface area contributed by atoms with Gasteiger partial charge in [-0.3, -0.25) is 0 Å². The average molecular weight is 300 g/mol. The summed E-state index contributed by atoms with van der Waals surface area (Å²) >= 11 is 0. The molecule has 2 aromatic carbocycles. The van der Waals surface area contributed by atoms with E-state index in [4.69, 9.17) is 0 Å². The smallest absolute Gasteiger partial charge is 0.0874 e. The molecule has 21 heavy (non-hydrogen) atoms. The first kappa shape index (κ1) is 15.7. The van der Waals surface area contributed by atoms with Crippen molar-refractivity contribution < 1.29 is 9.32 Å². The summed E-state index contributed by atoms with van der Waals surface area (Å²) in [6.07, 6.45) is 1.66. The molecule has 0 fully saturated rings. The fourth-order valence-electron chi connectivity index (χ4n) is 1.99. The molecule has 3 heteroatoms. The summed E-state index contributed by atoms with van der Waals surface area (Å²) in [6.45, 7) is 3.88. The lowest BCUT2D eigenvalue weighted by Crippen LogP contribution is -2.13. The Morgan fingerprint density at radius 3 is 2.33 bits per heavy atom. The van der Waals surface area contributed by atoms with Crippen molar-refractivity contribution in [2.45, 2.75) is 31.3 Å². The molecular formula is C18H20O2S. The van der Waals surface area contributed by atoms with Crippen LogP contribution in [-0.4, -0.2) is 15.4 Å². The maximum absolute atomic E-state index is 12.7. The van der Waals surface area contributed by atoms with Crippen molar-refractivity contribution in [2.24, 2.45) is 0 Å². The maximum Gasteiger partial charge on any atom is 0.0874 e. The highest BCUT2D eigenvalue weighted by Gasteiger charge is 2.17. The van der Waals surface area contributed by atoms with Gasteiger partial charge in [0.25, 0.3) is 0 Å². The summed E-state index contributed by atoms with van der Waals surface area (Å²) in [7, 11) is -1.35. The molecule has 0 aliphatic heterocycles. The summed E-state index contributed by atoms with van der Waals surface area (Å²) < 4.78 is 12.7. The second-order valence-electron chi connectivity index (χ2n) is 4.96. The first-order valence-corrected chi connectivity index (χ1v) is 8.20. The predicted octanol–water partition coefficient (Wildman–Crippen LogP) is 3.91. The van der Waals surface area contributed by atoms with Crippen LogP contribution in [0.15, 0.2) is 64.4 Å². The number of hydrogen-bond donors (Lipinski definition) is 1. The van der Waals surface area contributed by atoms with Crippen LogP contribution in [0.25, 0.3) is 6.08 Å². The number of rotatable bonds is 5. The fraction of sp³-hybridized carbons (Fsp3) is 0.222. The monoisotopic (exact) mass is 300 g/mol. The third-order valence-electron chi connectivity index (χ3n) is 3.27. The van der Waals surface area contributed by atoms with Crippen LogP contribution in [0.2, 0.25) is 0 Å². The summed E-state index contributed by atoms with van der Waals surface area (Å²) in [5, 5.41) is 10.2. The Labute approximate surface area is 128 Å². The van der Waals surface area contributed by atoms with E-state index in [1.807, 2.05) is 74.5 Å². The Hall–Kier alpha value is -1.71. The molecule has 0 saturated carbocycles. The maximum atomic E-state index is 12.7. The molecule has 0 aliphatic carbocycles. The van der Waals surface area contributed by atoms with Gasteiger partial charge in [-0.2, -0.15) is 0 Å². The third kappa shape index (κ3) is 4.13. The van der Waals surface area contributed by atoms with E-state index in [0.717, 1.165) is 16.0 Å². The molecule has 2 atom stereocenters. The van der Waals surface area contributed by atoms with Crippen molar-refractivity contribution in [1.82, 2.24) is 0 Å². The average Bonchev–Trinajstić information content (AvgIpc) is 2.53. The van der Waals surface area contributed by atoms with E-state index in [1.165, 1.54) is 0 Å². The van der Waals surface area contributed by atoms with Gasteiger partial charge < -0.3 is 5.11 Å². The number of hydrogen-bond acceptors (Lipinski definition) is 2. The molecule has 2 nitrogen and oxygen atoms in total. The minimum absolute atomic E-state index is 0.538. The van der Waals surface area contributed by atoms with Crippen LogP contribution in [0, 0.1) is 6.92 Å². The van der Waals surface area contributed by atoms with Crippen LogP contribution in [0.4, 0.5) is 0 Å². The van der Waals surface area contributed by atoms with Crippen LogP contribution < -0.4 is 0 Å². The molecule has 1 N–H and O–H groups in total. The molecule has 110 valence electrons. The SMILES string of the molecule is CC[C@H](O)/C(=C\c1ccccc1)S(=O)c1ccc(C)cc1. The topological polar surface area (TPSA) is 37.3 Å². The third-order valence-corrected chi connectivity index (χ3v) is 4.79. The summed E-state index contributed by atoms with van der Waals surface area (Å²) in [5.74, 6) is 0. The van der Waals surface area contributed by atoms with Crippen molar-refractivity contribution >= 4 is 16.9 Å². The molecule has 0 radical (unpaired) electrons. The second kappa shape index (κ2) is 7.34. The molecule has 0 bridgehead atoms. The van der Waals surface area contributed by atoms with Gasteiger partial charge in [-0.1, -0.05) is 55.0 Å². The molecule has 0 aliphatic rings. The number of aliphatic hydroxyl groups excluding tert-OH is 1. The van der Waals surface area contributed by atoms with Crippen LogP contribution in [-0.2, 0) is 10.8 Å². The highest BCUT2D eigenvalue weighted by Crippen LogP contribution is 2.22. The number of aryl methyl sites for hydroxylation is 1. The summed E-state index contributed by atoms with van der Waals surface area (Å²) in [5.41, 5.74) is 2.07. The van der Waals surface area contributed by atoms with Gasteiger partial charge in [0, 0.05) is 4.90 Å². The van der Waals surface area contributed by atoms with Crippen molar-refractivity contribution in [1.29, 1.82) is 0 Å². The van der Waals surface area contributed by atoms with Gasteiger partial charge in [0.2, 0.25) is 0 Å². The Kier molecular flexibility index (Phi) is 5.48. The van der Waals surface area contributed by atoms with Gasteiger partial charge in [0.05, 0.1) is 21.8 Å². The fourth-order valence-corrected chi connectivity index (χ4v) is 3.30. The molecule has 0 amide bonds. The van der Waals surface area contributed by atoms with Crippen molar-refractivity contribution in [2.75, 3.05) is 0 Å². The van der Waals surface area contributed by atoms with E-state index in [-0.39, 0.29) is 0 Å². The van der Waals surface area contributed by atoms with E-state index in [9.17, 15) is 9.32 Å². The van der Waals surface area contributed by atoms with Gasteiger partial charge in [0.15, 0.2) is 0 Å². The lowest BCUT2D eigenvalue weighted by molar-refractivity contribution is 0.215. The molecule has 0 spiro atoms. The highest BCUT2D eigenvalue weighted by atomic mass is 32.2. The van der Waals surface area contributed by atoms with E-state index < -0.39 is 16.9 Å². The quantitative estimate of drug-likeness (QED) is 0.909. The standard InChI is InChI=1S/C18H20O2S/c1-3-17(19)18(13-15-7-5-4-6-8-15)21(20)16-11-9-14(2)10-12-16/h4-13,17,19H,3H2,1-2H3/b18-13+/t17-,21?/m0/s1. The van der Waals surface area contributed by atoms with Crippen molar-refractivity contribution in [3.63, 3.8) is 0 Å². The number of aliphatic hydroxyl groups is 1.